The summed E-state index contributed by atoms with van der Waals surface area (Å²) in [5.41, 5.74) is 2.02. The molecule has 1 aromatic heterocycles. The van der Waals surface area contributed by atoms with Crippen LogP contribution in [0.1, 0.15) is 16.7 Å². The van der Waals surface area contributed by atoms with Crippen molar-refractivity contribution in [2.75, 3.05) is 0 Å². The number of nitrogens with zero attached hydrogens (tertiary/aromatic N) is 1. The van der Waals surface area contributed by atoms with Gasteiger partial charge in [0.15, 0.2) is 5.16 Å². The van der Waals surface area contributed by atoms with Crippen LogP contribution in [0.2, 0.25) is 5.02 Å². The van der Waals surface area contributed by atoms with E-state index in [1.165, 1.54) is 11.8 Å². The summed E-state index contributed by atoms with van der Waals surface area (Å²) < 4.78 is 0. The lowest BCUT2D eigenvalue weighted by Gasteiger charge is -2.05. The molecule has 0 fully saturated rings. The topological polar surface area (TPSA) is 66.0 Å². The van der Waals surface area contributed by atoms with Crippen LogP contribution in [0, 0.1) is 0 Å². The number of hydrogen-bond donors (Lipinski definition) is 2. The van der Waals surface area contributed by atoms with Gasteiger partial charge in [0.1, 0.15) is 0 Å². The van der Waals surface area contributed by atoms with Crippen LogP contribution in [0.25, 0.3) is 6.08 Å². The third kappa shape index (κ3) is 5.00. The summed E-state index contributed by atoms with van der Waals surface area (Å²) >= 11 is 7.21. The van der Waals surface area contributed by atoms with Crippen LogP contribution < -0.4 is 5.56 Å². The molecule has 0 saturated heterocycles. The van der Waals surface area contributed by atoms with E-state index in [4.69, 9.17) is 11.6 Å². The molecule has 0 saturated carbocycles. The number of thioether (sulfide) groups is 1. The molecule has 26 heavy (non-hydrogen) atoms. The summed E-state index contributed by atoms with van der Waals surface area (Å²) in [5, 5.41) is 11.2. The second-order valence-electron chi connectivity index (χ2n) is 5.61. The molecule has 0 amide bonds. The minimum Gasteiger partial charge on any atom is -0.493 e. The van der Waals surface area contributed by atoms with E-state index < -0.39 is 0 Å². The van der Waals surface area contributed by atoms with Crippen LogP contribution in [0.15, 0.2) is 70.6 Å². The fourth-order valence-electron chi connectivity index (χ4n) is 2.33. The van der Waals surface area contributed by atoms with Gasteiger partial charge in [0, 0.05) is 17.2 Å². The first-order valence-electron chi connectivity index (χ1n) is 8.03. The van der Waals surface area contributed by atoms with Crippen molar-refractivity contribution in [1.29, 1.82) is 0 Å². The summed E-state index contributed by atoms with van der Waals surface area (Å²) in [7, 11) is 0. The number of aromatic amines is 1. The Morgan fingerprint density at radius 3 is 2.54 bits per heavy atom. The lowest BCUT2D eigenvalue weighted by atomic mass is 10.1. The first kappa shape index (κ1) is 18.3. The Bertz CT molecular complexity index is 954. The van der Waals surface area contributed by atoms with Gasteiger partial charge in [0.05, 0.1) is 5.56 Å². The molecule has 0 radical (unpaired) electrons. The van der Waals surface area contributed by atoms with E-state index >= 15 is 0 Å². The lowest BCUT2D eigenvalue weighted by molar-refractivity contribution is 0.437. The summed E-state index contributed by atoms with van der Waals surface area (Å²) in [6.07, 6.45) is 4.05. The summed E-state index contributed by atoms with van der Waals surface area (Å²) in [6.45, 7) is 0. The summed E-state index contributed by atoms with van der Waals surface area (Å²) in [6, 6.07) is 17.2. The van der Waals surface area contributed by atoms with E-state index in [1.54, 1.807) is 0 Å². The van der Waals surface area contributed by atoms with Crippen LogP contribution >= 0.6 is 23.4 Å². The normalized spacial score (nSPS) is 11.1. The largest absolute Gasteiger partial charge is 0.493 e. The van der Waals surface area contributed by atoms with E-state index in [0.29, 0.717) is 22.4 Å². The zero-order valence-corrected chi connectivity index (χ0v) is 15.4. The van der Waals surface area contributed by atoms with Gasteiger partial charge in [-0.25, -0.2) is 0 Å². The Kier molecular flexibility index (Phi) is 6.15. The van der Waals surface area contributed by atoms with Crippen LogP contribution in [-0.4, -0.2) is 15.1 Å². The average molecular weight is 385 g/mol. The second-order valence-corrected chi connectivity index (χ2v) is 7.01. The molecule has 1 heterocycles. The van der Waals surface area contributed by atoms with Crippen LogP contribution in [-0.2, 0) is 12.2 Å². The molecule has 0 aliphatic carbocycles. The fourth-order valence-corrected chi connectivity index (χ4v) is 3.27. The molecule has 0 unspecified atom stereocenters. The molecule has 2 aromatic carbocycles. The van der Waals surface area contributed by atoms with Crippen LogP contribution in [0.4, 0.5) is 0 Å². The Labute approximate surface area is 160 Å². The van der Waals surface area contributed by atoms with Gasteiger partial charge in [-0.1, -0.05) is 78.0 Å². The van der Waals surface area contributed by atoms with Crippen molar-refractivity contribution in [3.05, 3.63) is 92.7 Å². The molecule has 4 nitrogen and oxygen atoms in total. The van der Waals surface area contributed by atoms with Crippen molar-refractivity contribution < 1.29 is 5.11 Å². The van der Waals surface area contributed by atoms with Gasteiger partial charge in [0.25, 0.3) is 5.56 Å². The van der Waals surface area contributed by atoms with Gasteiger partial charge < -0.3 is 10.1 Å². The van der Waals surface area contributed by atoms with Gasteiger partial charge in [-0.15, -0.1) is 0 Å². The monoisotopic (exact) mass is 384 g/mol. The molecule has 0 atom stereocenters. The number of hydrogen-bond acceptors (Lipinski definition) is 4. The average Bonchev–Trinajstić information content (AvgIpc) is 2.64. The number of nitrogens with one attached hydrogen (secondary N) is 1. The molecule has 132 valence electrons. The molecule has 2 N–H and O–H groups in total. The van der Waals surface area contributed by atoms with Crippen molar-refractivity contribution in [2.24, 2.45) is 0 Å². The summed E-state index contributed by atoms with van der Waals surface area (Å²) in [5.74, 6) is 0.386. The Morgan fingerprint density at radius 1 is 1.12 bits per heavy atom. The van der Waals surface area contributed by atoms with Gasteiger partial charge in [-0.3, -0.25) is 4.79 Å². The first-order chi connectivity index (χ1) is 12.6. The third-order valence-electron chi connectivity index (χ3n) is 3.69. The smallest absolute Gasteiger partial charge is 0.258 e. The molecule has 0 aliphatic heterocycles. The Hall–Kier alpha value is -2.50. The molecule has 3 aromatic rings. The van der Waals surface area contributed by atoms with Gasteiger partial charge >= 0.3 is 0 Å². The van der Waals surface area contributed by atoms with Gasteiger partial charge in [0.2, 0.25) is 5.88 Å². The Morgan fingerprint density at radius 2 is 1.85 bits per heavy atom. The van der Waals surface area contributed by atoms with Crippen molar-refractivity contribution in [3.63, 3.8) is 0 Å². The highest BCUT2D eigenvalue weighted by molar-refractivity contribution is 7.98. The molecule has 3 rings (SSSR count). The highest BCUT2D eigenvalue weighted by Gasteiger charge is 2.10. The predicted octanol–water partition coefficient (Wildman–Crippen LogP) is 4.68. The highest BCUT2D eigenvalue weighted by Crippen LogP contribution is 2.22. The predicted molar refractivity (Wildman–Crippen MR) is 107 cm³/mol. The number of aromatic hydroxyl groups is 1. The van der Waals surface area contributed by atoms with E-state index in [0.717, 1.165) is 11.1 Å². The van der Waals surface area contributed by atoms with E-state index in [-0.39, 0.29) is 17.0 Å². The van der Waals surface area contributed by atoms with Crippen molar-refractivity contribution >= 4 is 29.4 Å². The van der Waals surface area contributed by atoms with Crippen LogP contribution in [0.5, 0.6) is 5.88 Å². The number of H-pyrrole nitrogens is 1. The maximum absolute atomic E-state index is 12.2. The lowest BCUT2D eigenvalue weighted by Crippen LogP contribution is -2.14. The van der Waals surface area contributed by atoms with Crippen LogP contribution in [0.3, 0.4) is 0 Å². The highest BCUT2D eigenvalue weighted by atomic mass is 35.5. The molecular weight excluding hydrogens is 368 g/mol. The number of aromatic nitrogens is 2. The number of allylic oxidation sites excluding steroid dienone is 1. The summed E-state index contributed by atoms with van der Waals surface area (Å²) in [4.78, 5) is 19.1. The van der Waals surface area contributed by atoms with Crippen molar-refractivity contribution in [1.82, 2.24) is 9.97 Å². The van der Waals surface area contributed by atoms with E-state index in [9.17, 15) is 9.90 Å². The first-order valence-corrected chi connectivity index (χ1v) is 9.39. The molecule has 0 aliphatic rings. The maximum Gasteiger partial charge on any atom is 0.258 e. The zero-order chi connectivity index (χ0) is 18.4. The molecular formula is C20H17ClN2O2S. The number of halogens is 1. The van der Waals surface area contributed by atoms with Gasteiger partial charge in [-0.2, -0.15) is 4.98 Å². The molecule has 0 bridgehead atoms. The van der Waals surface area contributed by atoms with E-state index in [2.05, 4.69) is 9.97 Å². The zero-order valence-electron chi connectivity index (χ0n) is 13.9. The SMILES string of the molecule is O=c1[nH]c(SCc2ccc(Cl)cc2)nc(O)c1C/C=C/c1ccccc1. The number of rotatable bonds is 6. The maximum atomic E-state index is 12.2. The number of benzene rings is 2. The molecule has 6 heteroatoms. The minimum absolute atomic E-state index is 0.231. The van der Waals surface area contributed by atoms with Gasteiger partial charge in [-0.05, 0) is 23.3 Å². The minimum atomic E-state index is -0.325. The van der Waals surface area contributed by atoms with Crippen molar-refractivity contribution in [2.45, 2.75) is 17.3 Å². The third-order valence-corrected chi connectivity index (χ3v) is 4.89. The Balaban J connectivity index is 1.67. The molecule has 0 spiro atoms. The van der Waals surface area contributed by atoms with Crippen molar-refractivity contribution in [3.8, 4) is 5.88 Å². The van der Waals surface area contributed by atoms with E-state index in [1.807, 2.05) is 66.7 Å². The standard InChI is InChI=1S/C20H17ClN2O2S/c21-16-11-9-15(10-12-16)13-26-20-22-18(24)17(19(25)23-20)8-4-7-14-5-2-1-3-6-14/h1-7,9-12H,8,13H2,(H2,22,23,24,25)/b7-4+. The fraction of sp³-hybridized carbons (Fsp3) is 0.100. The second kappa shape index (κ2) is 8.74. The quantitative estimate of drug-likeness (QED) is 0.478.